The standard InChI is InChI=1S/C35H33F10N6O7P/c36-31-48-28(46)27-29(49-31)51(20-47-27)15-13-23-18-25(52)26(57-23)19-56-59(54,58-22-11-5-2-6-12-22)50-24(17-21-9-3-1-4-10-21)30(53)55-16-8-7-14-32(37,38)33(39,40)34(41,42)35(43,44)45/h1-6,9-12,20,23-26,52H,7-8,14,16-19H2,(H,50,54)(H2,46,48,49)/t23-,24-,25-,26+,59?/m0/s1. The van der Waals surface area contributed by atoms with Crippen molar-refractivity contribution in [1.82, 2.24) is 24.6 Å². The van der Waals surface area contributed by atoms with Gasteiger partial charge in [-0.05, 0) is 42.9 Å². The summed E-state index contributed by atoms with van der Waals surface area (Å²) in [6.07, 6.45) is -14.5. The van der Waals surface area contributed by atoms with Gasteiger partial charge in [0.15, 0.2) is 17.0 Å². The van der Waals surface area contributed by atoms with Crippen molar-refractivity contribution in [3.8, 4) is 17.7 Å². The van der Waals surface area contributed by atoms with Gasteiger partial charge in [0.1, 0.15) is 30.3 Å². The van der Waals surface area contributed by atoms with Gasteiger partial charge in [0.2, 0.25) is 0 Å². The largest absolute Gasteiger partial charge is 0.465 e. The zero-order chi connectivity index (χ0) is 43.2. The molecule has 1 aliphatic heterocycles. The van der Waals surface area contributed by atoms with Gasteiger partial charge in [0.05, 0.1) is 19.3 Å². The average molecular weight is 871 g/mol. The minimum absolute atomic E-state index is 0.0194. The van der Waals surface area contributed by atoms with Crippen LogP contribution in [0.3, 0.4) is 0 Å². The first-order chi connectivity index (χ1) is 27.6. The van der Waals surface area contributed by atoms with Gasteiger partial charge in [-0.2, -0.15) is 59.0 Å². The summed E-state index contributed by atoms with van der Waals surface area (Å²) in [4.78, 5) is 24.3. The molecule has 0 bridgehead atoms. The van der Waals surface area contributed by atoms with E-state index in [4.69, 9.17) is 24.3 Å². The number of ether oxygens (including phenoxy) is 2. The Morgan fingerprint density at radius 3 is 2.32 bits per heavy atom. The summed E-state index contributed by atoms with van der Waals surface area (Å²) in [5.74, 6) is -18.3. The topological polar surface area (TPSA) is 173 Å². The molecule has 320 valence electrons. The molecule has 3 heterocycles. The first kappa shape index (κ1) is 45.1. The number of rotatable bonds is 17. The van der Waals surface area contributed by atoms with Crippen LogP contribution < -0.4 is 15.3 Å². The highest BCUT2D eigenvalue weighted by Crippen LogP contribution is 2.54. The Bertz CT molecular complexity index is 2170. The molecule has 2 aromatic carbocycles. The number of unbranched alkanes of at least 4 members (excludes halogenated alkanes) is 1. The molecule has 13 nitrogen and oxygen atoms in total. The number of para-hydroxylation sites is 1. The highest BCUT2D eigenvalue weighted by atomic mass is 31.2. The summed E-state index contributed by atoms with van der Waals surface area (Å²) in [5, 5.41) is 13.2. The maximum Gasteiger partial charge on any atom is 0.460 e. The number of imidazole rings is 1. The first-order valence-electron chi connectivity index (χ1n) is 17.3. The van der Waals surface area contributed by atoms with Crippen molar-refractivity contribution in [2.24, 2.45) is 0 Å². The molecular formula is C35H33F10N6O7P. The molecule has 4 aromatic rings. The van der Waals surface area contributed by atoms with Gasteiger partial charge in [-0.15, -0.1) is 0 Å². The number of nitrogens with two attached hydrogens (primary N) is 1. The van der Waals surface area contributed by atoms with E-state index in [-0.39, 0.29) is 35.6 Å². The summed E-state index contributed by atoms with van der Waals surface area (Å²) in [6, 6.07) is 16.5. The predicted octanol–water partition coefficient (Wildman–Crippen LogP) is 6.46. The van der Waals surface area contributed by atoms with Crippen molar-refractivity contribution >= 4 is 30.7 Å². The summed E-state index contributed by atoms with van der Waals surface area (Å²) >= 11 is 0. The second-order valence-electron chi connectivity index (χ2n) is 12.9. The molecule has 1 saturated heterocycles. The molecule has 5 rings (SSSR count). The number of hydrogen-bond donors (Lipinski definition) is 3. The second kappa shape index (κ2) is 18.1. The van der Waals surface area contributed by atoms with E-state index in [2.05, 4.69) is 32.0 Å². The molecule has 0 amide bonds. The summed E-state index contributed by atoms with van der Waals surface area (Å²) in [5.41, 5.74) is 6.17. The molecule has 5 atom stereocenters. The second-order valence-corrected chi connectivity index (χ2v) is 14.6. The number of nitrogens with zero attached hydrogens (tertiary/aromatic N) is 4. The molecule has 59 heavy (non-hydrogen) atoms. The van der Waals surface area contributed by atoms with E-state index in [9.17, 15) is 58.4 Å². The third kappa shape index (κ3) is 10.8. The lowest BCUT2D eigenvalue weighted by atomic mass is 9.99. The van der Waals surface area contributed by atoms with Crippen LogP contribution in [0.15, 0.2) is 67.0 Å². The fourth-order valence-corrected chi connectivity index (χ4v) is 6.98. The number of alkyl halides is 9. The zero-order valence-electron chi connectivity index (χ0n) is 30.1. The minimum atomic E-state index is -7.03. The van der Waals surface area contributed by atoms with Crippen LogP contribution in [0.25, 0.3) is 11.2 Å². The van der Waals surface area contributed by atoms with E-state index in [1.54, 1.807) is 36.4 Å². The Hall–Kier alpha value is -5.01. The van der Waals surface area contributed by atoms with Gasteiger partial charge < -0.3 is 24.8 Å². The van der Waals surface area contributed by atoms with E-state index in [0.717, 1.165) is 4.57 Å². The summed E-state index contributed by atoms with van der Waals surface area (Å²) in [6.45, 7) is -1.43. The number of nitrogen functional groups attached to an aromatic ring is 1. The van der Waals surface area contributed by atoms with Crippen molar-refractivity contribution in [2.45, 2.75) is 80.4 Å². The van der Waals surface area contributed by atoms with Crippen molar-refractivity contribution in [2.75, 3.05) is 18.9 Å². The Labute approximate surface area is 327 Å². The molecule has 0 spiro atoms. The maximum atomic E-state index is 14.3. The molecule has 1 unspecified atom stereocenters. The molecule has 0 aliphatic carbocycles. The Kier molecular flexibility index (Phi) is 13.8. The first-order valence-corrected chi connectivity index (χ1v) is 18.9. The fraction of sp³-hybridized carbons (Fsp3) is 0.429. The van der Waals surface area contributed by atoms with Crippen LogP contribution in [0.4, 0.5) is 49.7 Å². The monoisotopic (exact) mass is 870 g/mol. The number of benzene rings is 2. The Morgan fingerprint density at radius 2 is 1.66 bits per heavy atom. The van der Waals surface area contributed by atoms with Crippen molar-refractivity contribution < 1.29 is 76.9 Å². The van der Waals surface area contributed by atoms with Crippen LogP contribution in [0.1, 0.15) is 31.2 Å². The number of carbonyl (C=O) groups is 1. The quantitative estimate of drug-likeness (QED) is 0.0265. The number of carbonyl (C=O) groups excluding carboxylic acids is 1. The van der Waals surface area contributed by atoms with Crippen LogP contribution in [0, 0.1) is 18.0 Å². The number of nitrogens with one attached hydrogen (secondary N) is 1. The number of esters is 1. The zero-order valence-corrected chi connectivity index (χ0v) is 31.0. The summed E-state index contributed by atoms with van der Waals surface area (Å²) < 4.78 is 171. The average Bonchev–Trinajstić information content (AvgIpc) is 3.74. The van der Waals surface area contributed by atoms with E-state index in [1.807, 2.05) is 0 Å². The van der Waals surface area contributed by atoms with Crippen molar-refractivity contribution in [3.05, 3.63) is 78.6 Å². The molecule has 1 aliphatic rings. The number of hydrogen-bond acceptors (Lipinski definition) is 11. The Balaban J connectivity index is 1.26. The highest BCUT2D eigenvalue weighted by Gasteiger charge is 2.81. The molecule has 2 aromatic heterocycles. The van der Waals surface area contributed by atoms with Crippen molar-refractivity contribution in [3.63, 3.8) is 0 Å². The maximum absolute atomic E-state index is 14.3. The van der Waals surface area contributed by atoms with Crippen LogP contribution in [0.2, 0.25) is 0 Å². The van der Waals surface area contributed by atoms with Gasteiger partial charge in [0.25, 0.3) is 0 Å². The lowest BCUT2D eigenvalue weighted by molar-refractivity contribution is -0.396. The van der Waals surface area contributed by atoms with Crippen LogP contribution in [-0.4, -0.2) is 92.1 Å². The third-order valence-corrected chi connectivity index (χ3v) is 10.1. The van der Waals surface area contributed by atoms with E-state index in [1.165, 1.54) is 30.6 Å². The number of halogens is 10. The number of fused-ring (bicyclic) bond motifs is 1. The van der Waals surface area contributed by atoms with Gasteiger partial charge in [-0.1, -0.05) is 48.5 Å². The summed E-state index contributed by atoms with van der Waals surface area (Å²) in [7, 11) is -4.69. The lowest BCUT2D eigenvalue weighted by Crippen LogP contribution is -2.60. The van der Waals surface area contributed by atoms with Gasteiger partial charge >= 0.3 is 43.7 Å². The van der Waals surface area contributed by atoms with E-state index < -0.39 is 101 Å². The molecule has 4 N–H and O–H groups in total. The van der Waals surface area contributed by atoms with Crippen molar-refractivity contribution in [1.29, 1.82) is 0 Å². The SMILES string of the molecule is Nc1nc(F)nc2c1ncn2C#C[C@H]1C[C@H](O)[C@@H](COP(=O)(N[C@@H](Cc2ccccc2)C(=O)OCCCCC(F)(F)C(F)(F)C(F)(F)C(F)(F)F)Oc2ccccc2)O1. The minimum Gasteiger partial charge on any atom is -0.465 e. The third-order valence-electron chi connectivity index (χ3n) is 8.56. The lowest BCUT2D eigenvalue weighted by Gasteiger charge is -2.33. The number of aliphatic hydroxyl groups is 1. The molecule has 0 radical (unpaired) electrons. The predicted molar refractivity (Wildman–Crippen MR) is 186 cm³/mol. The fourth-order valence-electron chi connectivity index (χ4n) is 5.48. The molecule has 0 saturated carbocycles. The van der Waals surface area contributed by atoms with Crippen LogP contribution in [0.5, 0.6) is 5.75 Å². The normalized spacial score (nSPS) is 19.1. The Morgan fingerprint density at radius 1 is 1.00 bits per heavy atom. The van der Waals surface area contributed by atoms with Gasteiger partial charge in [0, 0.05) is 18.9 Å². The van der Waals surface area contributed by atoms with E-state index >= 15 is 0 Å². The van der Waals surface area contributed by atoms with Gasteiger partial charge in [-0.3, -0.25) is 9.32 Å². The molecular weight excluding hydrogens is 837 g/mol. The number of aromatic nitrogens is 4. The molecule has 1 fully saturated rings. The smallest absolute Gasteiger partial charge is 0.460 e. The van der Waals surface area contributed by atoms with E-state index in [0.29, 0.717) is 5.56 Å². The molecule has 24 heteroatoms. The number of aliphatic hydroxyl groups excluding tert-OH is 1. The highest BCUT2D eigenvalue weighted by molar-refractivity contribution is 7.52. The van der Waals surface area contributed by atoms with Gasteiger partial charge in [-0.25, -0.2) is 14.1 Å². The van der Waals surface area contributed by atoms with Crippen LogP contribution >= 0.6 is 7.75 Å². The number of anilines is 1. The van der Waals surface area contributed by atoms with Crippen LogP contribution in [-0.2, 0) is 29.8 Å².